The Balaban J connectivity index is 2.03. The molecule has 1 unspecified atom stereocenters. The molecule has 1 aliphatic rings. The van der Waals surface area contributed by atoms with Gasteiger partial charge in [-0.05, 0) is 52.0 Å². The second kappa shape index (κ2) is 7.24. The first-order valence-electron chi connectivity index (χ1n) is 7.55. The Morgan fingerprint density at radius 2 is 1.86 bits per heavy atom. The lowest BCUT2D eigenvalue weighted by Crippen LogP contribution is -2.41. The van der Waals surface area contributed by atoms with Crippen LogP contribution in [0.4, 0.5) is 5.69 Å². The summed E-state index contributed by atoms with van der Waals surface area (Å²) >= 11 is 0. The van der Waals surface area contributed by atoms with Gasteiger partial charge in [-0.3, -0.25) is 4.90 Å². The zero-order valence-corrected chi connectivity index (χ0v) is 13.6. The normalized spacial score (nSPS) is 18.4. The molecule has 0 aromatic heterocycles. The van der Waals surface area contributed by atoms with Gasteiger partial charge >= 0.3 is 0 Å². The summed E-state index contributed by atoms with van der Waals surface area (Å²) in [6.45, 7) is 5.21. The van der Waals surface area contributed by atoms with E-state index in [4.69, 9.17) is 0 Å². The largest absolute Gasteiger partial charge is 0.382 e. The third-order valence-corrected chi connectivity index (χ3v) is 5.52. The predicted octanol–water partition coefficient (Wildman–Crippen LogP) is 1.88. The molecule has 21 heavy (non-hydrogen) atoms. The molecule has 0 spiro atoms. The van der Waals surface area contributed by atoms with Crippen molar-refractivity contribution in [3.8, 4) is 0 Å². The fourth-order valence-corrected chi connectivity index (χ4v) is 3.61. The minimum absolute atomic E-state index is 0.304. The number of anilines is 1. The van der Waals surface area contributed by atoms with Crippen LogP contribution in [0.3, 0.4) is 0 Å². The summed E-state index contributed by atoms with van der Waals surface area (Å²) in [6.07, 6.45) is 3.84. The van der Waals surface area contributed by atoms with Gasteiger partial charge in [0.15, 0.2) is 0 Å². The SMILES string of the molecule is CNS(=O)(=O)c1ccccc1NCC(C)N1CCCCC1. The molecule has 1 fully saturated rings. The molecule has 0 bridgehead atoms. The summed E-state index contributed by atoms with van der Waals surface area (Å²) in [5.74, 6) is 0. The van der Waals surface area contributed by atoms with Crippen molar-refractivity contribution in [2.24, 2.45) is 0 Å². The number of piperidine rings is 1. The lowest BCUT2D eigenvalue weighted by atomic mass is 10.1. The third-order valence-electron chi connectivity index (χ3n) is 4.05. The summed E-state index contributed by atoms with van der Waals surface area (Å²) in [5.41, 5.74) is 0.663. The number of sulfonamides is 1. The summed E-state index contributed by atoms with van der Waals surface area (Å²) < 4.78 is 26.4. The van der Waals surface area contributed by atoms with E-state index >= 15 is 0 Å². The summed E-state index contributed by atoms with van der Waals surface area (Å²) in [4.78, 5) is 2.77. The molecule has 1 saturated heterocycles. The van der Waals surface area contributed by atoms with Crippen molar-refractivity contribution < 1.29 is 8.42 Å². The van der Waals surface area contributed by atoms with Gasteiger partial charge in [-0.25, -0.2) is 13.1 Å². The van der Waals surface area contributed by atoms with Crippen LogP contribution in [-0.4, -0.2) is 46.0 Å². The smallest absolute Gasteiger partial charge is 0.242 e. The number of para-hydroxylation sites is 1. The van der Waals surface area contributed by atoms with Crippen LogP contribution in [0.5, 0.6) is 0 Å². The van der Waals surface area contributed by atoms with Gasteiger partial charge in [0.25, 0.3) is 0 Å². The fourth-order valence-electron chi connectivity index (χ4n) is 2.70. The Bertz CT molecular complexity index is 554. The molecule has 0 radical (unpaired) electrons. The average Bonchev–Trinajstić information content (AvgIpc) is 2.53. The van der Waals surface area contributed by atoms with Gasteiger partial charge in [-0.2, -0.15) is 0 Å². The van der Waals surface area contributed by atoms with Crippen molar-refractivity contribution in [3.63, 3.8) is 0 Å². The van der Waals surface area contributed by atoms with Crippen LogP contribution >= 0.6 is 0 Å². The van der Waals surface area contributed by atoms with Gasteiger partial charge in [0, 0.05) is 12.6 Å². The molecule has 1 aromatic carbocycles. The summed E-state index contributed by atoms with van der Waals surface area (Å²) in [5, 5.41) is 3.29. The highest BCUT2D eigenvalue weighted by Crippen LogP contribution is 2.21. The van der Waals surface area contributed by atoms with Crippen LogP contribution < -0.4 is 10.0 Å². The number of nitrogens with zero attached hydrogens (tertiary/aromatic N) is 1. The van der Waals surface area contributed by atoms with Crippen LogP contribution in [0.1, 0.15) is 26.2 Å². The van der Waals surface area contributed by atoms with E-state index in [-0.39, 0.29) is 0 Å². The molecule has 6 heteroatoms. The van der Waals surface area contributed by atoms with E-state index in [0.717, 1.165) is 19.6 Å². The van der Waals surface area contributed by atoms with E-state index in [0.29, 0.717) is 16.6 Å². The Kier molecular flexibility index (Phi) is 5.61. The highest BCUT2D eigenvalue weighted by atomic mass is 32.2. The zero-order valence-electron chi connectivity index (χ0n) is 12.8. The number of likely N-dealkylation sites (tertiary alicyclic amines) is 1. The second-order valence-electron chi connectivity index (χ2n) is 5.53. The number of hydrogen-bond acceptors (Lipinski definition) is 4. The van der Waals surface area contributed by atoms with E-state index < -0.39 is 10.0 Å². The number of hydrogen-bond donors (Lipinski definition) is 2. The molecule has 1 aromatic rings. The first-order valence-corrected chi connectivity index (χ1v) is 9.03. The first kappa shape index (κ1) is 16.3. The van der Waals surface area contributed by atoms with Gasteiger partial charge in [0.2, 0.25) is 10.0 Å². The number of nitrogens with one attached hydrogen (secondary N) is 2. The van der Waals surface area contributed by atoms with E-state index in [1.165, 1.54) is 26.3 Å². The maximum Gasteiger partial charge on any atom is 0.242 e. The Morgan fingerprint density at radius 3 is 2.52 bits per heavy atom. The van der Waals surface area contributed by atoms with Gasteiger partial charge in [-0.15, -0.1) is 0 Å². The van der Waals surface area contributed by atoms with Crippen LogP contribution in [0.25, 0.3) is 0 Å². The van der Waals surface area contributed by atoms with Crippen molar-refractivity contribution in [1.82, 2.24) is 9.62 Å². The van der Waals surface area contributed by atoms with Crippen LogP contribution in [0.15, 0.2) is 29.2 Å². The molecule has 0 amide bonds. The van der Waals surface area contributed by atoms with E-state index in [2.05, 4.69) is 21.9 Å². The molecular weight excluding hydrogens is 286 g/mol. The Morgan fingerprint density at radius 1 is 1.19 bits per heavy atom. The van der Waals surface area contributed by atoms with Crippen molar-refractivity contribution in [1.29, 1.82) is 0 Å². The van der Waals surface area contributed by atoms with Gasteiger partial charge < -0.3 is 5.32 Å². The Labute approximate surface area is 127 Å². The van der Waals surface area contributed by atoms with E-state index in [9.17, 15) is 8.42 Å². The minimum atomic E-state index is -3.43. The average molecular weight is 311 g/mol. The van der Waals surface area contributed by atoms with Crippen LogP contribution in [0.2, 0.25) is 0 Å². The topological polar surface area (TPSA) is 61.4 Å². The van der Waals surface area contributed by atoms with Crippen LogP contribution in [0, 0.1) is 0 Å². The number of benzene rings is 1. The molecule has 0 saturated carbocycles. The molecule has 5 nitrogen and oxygen atoms in total. The van der Waals surface area contributed by atoms with Crippen LogP contribution in [-0.2, 0) is 10.0 Å². The maximum atomic E-state index is 12.0. The molecule has 1 aliphatic heterocycles. The van der Waals surface area contributed by atoms with Gasteiger partial charge in [0.05, 0.1) is 5.69 Å². The highest BCUT2D eigenvalue weighted by Gasteiger charge is 2.19. The van der Waals surface area contributed by atoms with Gasteiger partial charge in [0.1, 0.15) is 4.90 Å². The third kappa shape index (κ3) is 4.18. The maximum absolute atomic E-state index is 12.0. The summed E-state index contributed by atoms with van der Waals surface area (Å²) in [6, 6.07) is 7.43. The molecule has 2 N–H and O–H groups in total. The quantitative estimate of drug-likeness (QED) is 0.842. The van der Waals surface area contributed by atoms with Crippen molar-refractivity contribution in [2.45, 2.75) is 37.1 Å². The standard InChI is InChI=1S/C15H25N3O2S/c1-13(18-10-6-3-7-11-18)12-17-14-8-4-5-9-15(14)21(19,20)16-2/h4-5,8-9,13,16-17H,3,6-7,10-12H2,1-2H3. The minimum Gasteiger partial charge on any atom is -0.382 e. The zero-order chi connectivity index (χ0) is 15.3. The monoisotopic (exact) mass is 311 g/mol. The first-order chi connectivity index (χ1) is 10.0. The molecule has 2 rings (SSSR count). The van der Waals surface area contributed by atoms with Crippen molar-refractivity contribution in [3.05, 3.63) is 24.3 Å². The lowest BCUT2D eigenvalue weighted by Gasteiger charge is -2.32. The second-order valence-corrected chi connectivity index (χ2v) is 7.39. The van der Waals surface area contributed by atoms with E-state index in [1.54, 1.807) is 12.1 Å². The molecule has 1 heterocycles. The van der Waals surface area contributed by atoms with Crippen molar-refractivity contribution >= 4 is 15.7 Å². The Hall–Kier alpha value is -1.11. The predicted molar refractivity (Wildman–Crippen MR) is 86.1 cm³/mol. The highest BCUT2D eigenvalue weighted by molar-refractivity contribution is 7.89. The number of rotatable bonds is 6. The fraction of sp³-hybridized carbons (Fsp3) is 0.600. The van der Waals surface area contributed by atoms with Crippen molar-refractivity contribution in [2.75, 3.05) is 32.0 Å². The van der Waals surface area contributed by atoms with E-state index in [1.807, 2.05) is 12.1 Å². The molecule has 118 valence electrons. The molecular formula is C15H25N3O2S. The van der Waals surface area contributed by atoms with Gasteiger partial charge in [-0.1, -0.05) is 18.6 Å². The lowest BCUT2D eigenvalue weighted by molar-refractivity contribution is 0.180. The molecule has 0 aliphatic carbocycles. The summed E-state index contributed by atoms with van der Waals surface area (Å²) in [7, 11) is -1.99. The molecule has 1 atom stereocenters.